The van der Waals surface area contributed by atoms with Gasteiger partial charge in [0.1, 0.15) is 0 Å². The molecule has 0 aliphatic carbocycles. The van der Waals surface area contributed by atoms with Crippen LogP contribution in [0.3, 0.4) is 0 Å². The second kappa shape index (κ2) is 6.54. The van der Waals surface area contributed by atoms with Crippen LogP contribution < -0.4 is 5.32 Å². The summed E-state index contributed by atoms with van der Waals surface area (Å²) in [6, 6.07) is 3.59. The summed E-state index contributed by atoms with van der Waals surface area (Å²) in [6.45, 7) is 1.76. The highest BCUT2D eigenvalue weighted by Gasteiger charge is 2.16. The van der Waals surface area contributed by atoms with Crippen molar-refractivity contribution in [2.45, 2.75) is 25.7 Å². The van der Waals surface area contributed by atoms with E-state index in [-0.39, 0.29) is 18.4 Å². The third-order valence-electron chi connectivity index (χ3n) is 3.10. The minimum Gasteiger partial charge on any atom is -0.342 e. The van der Waals surface area contributed by atoms with Crippen LogP contribution in [-0.4, -0.2) is 36.3 Å². The van der Waals surface area contributed by atoms with Crippen molar-refractivity contribution in [1.82, 2.24) is 10.2 Å². The summed E-state index contributed by atoms with van der Waals surface area (Å²) in [6.07, 6.45) is 4.55. The lowest BCUT2D eigenvalue weighted by atomic mass is 10.2. The fourth-order valence-electron chi connectivity index (χ4n) is 2.08. The largest absolute Gasteiger partial charge is 0.342 e. The molecule has 0 saturated carbocycles. The van der Waals surface area contributed by atoms with E-state index >= 15 is 0 Å². The molecule has 0 aromatic carbocycles. The van der Waals surface area contributed by atoms with E-state index in [1.54, 1.807) is 6.07 Å². The Balaban J connectivity index is 1.78. The van der Waals surface area contributed by atoms with Crippen molar-refractivity contribution in [3.05, 3.63) is 22.4 Å². The predicted molar refractivity (Wildman–Crippen MR) is 71.7 cm³/mol. The van der Waals surface area contributed by atoms with Gasteiger partial charge in [0.15, 0.2) is 0 Å². The summed E-state index contributed by atoms with van der Waals surface area (Å²) < 4.78 is 0. The van der Waals surface area contributed by atoms with Crippen LogP contribution in [0.4, 0.5) is 0 Å². The molecule has 0 bridgehead atoms. The van der Waals surface area contributed by atoms with Crippen molar-refractivity contribution in [2.75, 3.05) is 19.6 Å². The van der Waals surface area contributed by atoms with E-state index < -0.39 is 0 Å². The number of hydrogen-bond donors (Lipinski definition) is 1. The van der Waals surface area contributed by atoms with Crippen LogP contribution in [0.1, 0.15) is 35.4 Å². The van der Waals surface area contributed by atoms with Crippen LogP contribution in [0.5, 0.6) is 0 Å². The lowest BCUT2D eigenvalue weighted by molar-refractivity contribution is -0.130. The monoisotopic (exact) mass is 266 g/mol. The van der Waals surface area contributed by atoms with Gasteiger partial charge in [-0.25, -0.2) is 0 Å². The first-order chi connectivity index (χ1) is 8.77. The van der Waals surface area contributed by atoms with E-state index in [4.69, 9.17) is 0 Å². The van der Waals surface area contributed by atoms with Gasteiger partial charge in [-0.1, -0.05) is 18.9 Å². The Hall–Kier alpha value is -1.36. The second-order valence-corrected chi connectivity index (χ2v) is 5.40. The van der Waals surface area contributed by atoms with Gasteiger partial charge in [0.2, 0.25) is 5.91 Å². The maximum absolute atomic E-state index is 11.9. The van der Waals surface area contributed by atoms with E-state index in [0.29, 0.717) is 4.88 Å². The zero-order valence-electron chi connectivity index (χ0n) is 10.4. The summed E-state index contributed by atoms with van der Waals surface area (Å²) in [4.78, 5) is 26.1. The Morgan fingerprint density at radius 2 is 1.94 bits per heavy atom. The lowest BCUT2D eigenvalue weighted by Crippen LogP contribution is -2.40. The summed E-state index contributed by atoms with van der Waals surface area (Å²) in [5.41, 5.74) is 0. The minimum atomic E-state index is -0.159. The predicted octanol–water partition coefficient (Wildman–Crippen LogP) is 1.88. The molecule has 1 saturated heterocycles. The smallest absolute Gasteiger partial charge is 0.261 e. The first kappa shape index (κ1) is 13.1. The highest BCUT2D eigenvalue weighted by atomic mass is 32.1. The van der Waals surface area contributed by atoms with Gasteiger partial charge in [0.25, 0.3) is 5.91 Å². The number of thiophene rings is 1. The molecule has 98 valence electrons. The van der Waals surface area contributed by atoms with E-state index in [1.165, 1.54) is 24.2 Å². The molecule has 0 spiro atoms. The van der Waals surface area contributed by atoms with Crippen LogP contribution in [0.25, 0.3) is 0 Å². The zero-order valence-corrected chi connectivity index (χ0v) is 11.2. The number of hydrogen-bond acceptors (Lipinski definition) is 3. The normalized spacial score (nSPS) is 16.1. The molecule has 2 heterocycles. The summed E-state index contributed by atoms with van der Waals surface area (Å²) in [5, 5.41) is 4.54. The van der Waals surface area contributed by atoms with E-state index in [2.05, 4.69) is 5.32 Å². The quantitative estimate of drug-likeness (QED) is 0.908. The molecule has 1 aromatic heterocycles. The number of rotatable bonds is 3. The maximum Gasteiger partial charge on any atom is 0.261 e. The number of nitrogens with zero attached hydrogens (tertiary/aromatic N) is 1. The fraction of sp³-hybridized carbons (Fsp3) is 0.538. The Morgan fingerprint density at radius 1 is 1.22 bits per heavy atom. The van der Waals surface area contributed by atoms with Crippen LogP contribution >= 0.6 is 11.3 Å². The number of amides is 2. The molecule has 4 nitrogen and oxygen atoms in total. The van der Waals surface area contributed by atoms with Crippen molar-refractivity contribution in [3.8, 4) is 0 Å². The van der Waals surface area contributed by atoms with Crippen LogP contribution in [0.15, 0.2) is 17.5 Å². The van der Waals surface area contributed by atoms with Gasteiger partial charge in [-0.15, -0.1) is 11.3 Å². The van der Waals surface area contributed by atoms with Crippen LogP contribution in [0, 0.1) is 0 Å². The lowest BCUT2D eigenvalue weighted by Gasteiger charge is -2.20. The second-order valence-electron chi connectivity index (χ2n) is 4.45. The first-order valence-electron chi connectivity index (χ1n) is 6.37. The van der Waals surface area contributed by atoms with Gasteiger partial charge in [0, 0.05) is 13.1 Å². The van der Waals surface area contributed by atoms with E-state index in [1.807, 2.05) is 16.3 Å². The van der Waals surface area contributed by atoms with E-state index in [0.717, 1.165) is 25.9 Å². The average Bonchev–Trinajstić information content (AvgIpc) is 2.78. The topological polar surface area (TPSA) is 49.4 Å². The van der Waals surface area contributed by atoms with Crippen molar-refractivity contribution < 1.29 is 9.59 Å². The molecular weight excluding hydrogens is 248 g/mol. The Labute approximate surface area is 111 Å². The summed E-state index contributed by atoms with van der Waals surface area (Å²) in [5.74, 6) is -0.130. The molecule has 1 fully saturated rings. The third kappa shape index (κ3) is 3.57. The SMILES string of the molecule is O=C(NCC(=O)N1CCCCCC1)c1cccs1. The van der Waals surface area contributed by atoms with Crippen LogP contribution in [-0.2, 0) is 4.79 Å². The standard InChI is InChI=1S/C13H18N2O2S/c16-12(15-7-3-1-2-4-8-15)10-14-13(17)11-6-5-9-18-11/h5-6,9H,1-4,7-8,10H2,(H,14,17). The molecule has 1 aliphatic heterocycles. The molecule has 0 radical (unpaired) electrons. The van der Waals surface area contributed by atoms with Gasteiger partial charge in [0.05, 0.1) is 11.4 Å². The number of likely N-dealkylation sites (tertiary alicyclic amines) is 1. The molecule has 1 aromatic rings. The van der Waals surface area contributed by atoms with Gasteiger partial charge < -0.3 is 10.2 Å². The van der Waals surface area contributed by atoms with Gasteiger partial charge in [-0.2, -0.15) is 0 Å². The molecule has 1 N–H and O–H groups in total. The highest BCUT2D eigenvalue weighted by Crippen LogP contribution is 2.10. The molecule has 0 atom stereocenters. The fourth-order valence-corrected chi connectivity index (χ4v) is 2.72. The summed E-state index contributed by atoms with van der Waals surface area (Å²) >= 11 is 1.38. The van der Waals surface area contributed by atoms with Gasteiger partial charge >= 0.3 is 0 Å². The highest BCUT2D eigenvalue weighted by molar-refractivity contribution is 7.12. The Morgan fingerprint density at radius 3 is 2.56 bits per heavy atom. The van der Waals surface area contributed by atoms with Crippen LogP contribution in [0.2, 0.25) is 0 Å². The molecule has 1 aliphatic rings. The minimum absolute atomic E-state index is 0.0295. The molecule has 18 heavy (non-hydrogen) atoms. The van der Waals surface area contributed by atoms with Gasteiger partial charge in [-0.05, 0) is 24.3 Å². The zero-order chi connectivity index (χ0) is 12.8. The van der Waals surface area contributed by atoms with Crippen molar-refractivity contribution in [2.24, 2.45) is 0 Å². The Bertz CT molecular complexity index is 395. The molecule has 5 heteroatoms. The first-order valence-corrected chi connectivity index (χ1v) is 7.25. The number of nitrogens with one attached hydrogen (secondary N) is 1. The third-order valence-corrected chi connectivity index (χ3v) is 3.97. The molecule has 2 rings (SSSR count). The molecular formula is C13H18N2O2S. The Kier molecular flexibility index (Phi) is 4.75. The van der Waals surface area contributed by atoms with Crippen molar-refractivity contribution in [1.29, 1.82) is 0 Å². The molecule has 2 amide bonds. The summed E-state index contributed by atoms with van der Waals surface area (Å²) in [7, 11) is 0. The van der Waals surface area contributed by atoms with Crippen molar-refractivity contribution >= 4 is 23.2 Å². The average molecular weight is 266 g/mol. The maximum atomic E-state index is 11.9. The number of carbonyl (C=O) groups is 2. The molecule has 0 unspecified atom stereocenters. The number of carbonyl (C=O) groups excluding carboxylic acids is 2. The van der Waals surface area contributed by atoms with Gasteiger partial charge in [-0.3, -0.25) is 9.59 Å². The van der Waals surface area contributed by atoms with Crippen molar-refractivity contribution in [3.63, 3.8) is 0 Å². The van der Waals surface area contributed by atoms with E-state index in [9.17, 15) is 9.59 Å².